The Labute approximate surface area is 203 Å². The van der Waals surface area contributed by atoms with Gasteiger partial charge in [0.15, 0.2) is 17.6 Å². The molecule has 3 unspecified atom stereocenters. The van der Waals surface area contributed by atoms with Crippen molar-refractivity contribution < 1.29 is 45.4 Å². The summed E-state index contributed by atoms with van der Waals surface area (Å²) in [6, 6.07) is 3.76. The van der Waals surface area contributed by atoms with Crippen LogP contribution in [0, 0.1) is 18.6 Å². The van der Waals surface area contributed by atoms with Gasteiger partial charge in [-0.3, -0.25) is 0 Å². The van der Waals surface area contributed by atoms with Crippen molar-refractivity contribution in [3.8, 4) is 17.0 Å². The Morgan fingerprint density at radius 3 is 2.56 bits per heavy atom. The Kier molecular flexibility index (Phi) is 5.21. The third-order valence-corrected chi connectivity index (χ3v) is 7.61. The fourth-order valence-corrected chi connectivity index (χ4v) is 5.56. The Hall–Kier alpha value is -3.50. The molecule has 11 heteroatoms. The lowest BCUT2D eigenvalue weighted by Gasteiger charge is -2.39. The molecule has 3 atom stereocenters. The van der Waals surface area contributed by atoms with Crippen LogP contribution in [0.1, 0.15) is 59.9 Å². The van der Waals surface area contributed by atoms with Crippen molar-refractivity contribution in [2.24, 2.45) is 7.05 Å². The fraction of sp³-hybridized carbons (Fsp3) is 0.400. The molecule has 2 aliphatic rings. The first-order chi connectivity index (χ1) is 16.8. The smallest absolute Gasteiger partial charge is 0.425 e. The molecule has 0 saturated carbocycles. The summed E-state index contributed by atoms with van der Waals surface area (Å²) < 4.78 is 87.8. The number of imidazole rings is 1. The minimum absolute atomic E-state index is 0.0183. The van der Waals surface area contributed by atoms with E-state index < -0.39 is 52.6 Å². The van der Waals surface area contributed by atoms with Gasteiger partial charge in [0.05, 0.1) is 25.8 Å². The number of esters is 1. The predicted molar refractivity (Wildman–Crippen MR) is 115 cm³/mol. The van der Waals surface area contributed by atoms with Gasteiger partial charge in [-0.05, 0) is 11.6 Å². The number of carbonyl (C=O) groups is 1. The summed E-state index contributed by atoms with van der Waals surface area (Å²) in [6.45, 7) is 5.47. The lowest BCUT2D eigenvalue weighted by Crippen LogP contribution is -2.64. The molecule has 0 bridgehead atoms. The van der Waals surface area contributed by atoms with Crippen LogP contribution >= 0.6 is 0 Å². The molecule has 0 fully saturated rings. The summed E-state index contributed by atoms with van der Waals surface area (Å²) >= 11 is 0. The largest absolute Gasteiger partial charge is 0.496 e. The molecule has 4 heterocycles. The van der Waals surface area contributed by atoms with Crippen LogP contribution in [0.2, 0.25) is 0 Å². The summed E-state index contributed by atoms with van der Waals surface area (Å²) in [7, 11) is 3.07. The first-order valence-corrected chi connectivity index (χ1v) is 11.3. The zero-order chi connectivity index (χ0) is 26.3. The third-order valence-electron chi connectivity index (χ3n) is 7.61. The highest BCUT2D eigenvalue weighted by Gasteiger charge is 2.60. The Balaban J connectivity index is 1.88. The molecule has 2 aliphatic heterocycles. The molecule has 0 saturated heterocycles. The number of fused-ring (bicyclic) bond motifs is 4. The summed E-state index contributed by atoms with van der Waals surface area (Å²) in [4.78, 5) is 12.8. The highest BCUT2D eigenvalue weighted by atomic mass is 19.4. The van der Waals surface area contributed by atoms with E-state index in [-0.39, 0.29) is 17.1 Å². The van der Waals surface area contributed by atoms with Crippen LogP contribution < -0.4 is 13.9 Å². The van der Waals surface area contributed by atoms with E-state index >= 15 is 8.78 Å². The van der Waals surface area contributed by atoms with Crippen molar-refractivity contribution in [2.45, 2.75) is 51.1 Å². The molecule has 0 radical (unpaired) electrons. The first kappa shape index (κ1) is 24.2. The zero-order valence-electron chi connectivity index (χ0n) is 20.2. The maximum Gasteiger partial charge on any atom is 0.425 e. The van der Waals surface area contributed by atoms with E-state index in [2.05, 4.69) is 0 Å². The summed E-state index contributed by atoms with van der Waals surface area (Å²) in [6.07, 6.45) is -2.62. The molecule has 1 aromatic carbocycles. The normalized spacial score (nSPS) is 22.7. The van der Waals surface area contributed by atoms with Crippen molar-refractivity contribution in [1.29, 1.82) is 0 Å². The standard InChI is InChI=1S/C25H24F5N3O3/c1-6-24(3)18(22-32-11-12(2)31(4)21(32)23(34)36-22)14-10-15(26)19(25(28,29)30)20(27)17(14)16-9-13(35-5)7-8-33(16)24/h7-11,18,22H,6H2,1-5H3/q+2. The van der Waals surface area contributed by atoms with Crippen molar-refractivity contribution in [3.63, 3.8) is 0 Å². The van der Waals surface area contributed by atoms with Crippen LogP contribution in [0.25, 0.3) is 11.3 Å². The van der Waals surface area contributed by atoms with Gasteiger partial charge in [-0.25, -0.2) is 18.1 Å². The highest BCUT2D eigenvalue weighted by Crippen LogP contribution is 2.52. The van der Waals surface area contributed by atoms with E-state index in [0.29, 0.717) is 12.2 Å². The molecule has 0 amide bonds. The lowest BCUT2D eigenvalue weighted by molar-refractivity contribution is -0.794. The molecular weight excluding hydrogens is 485 g/mol. The van der Waals surface area contributed by atoms with Gasteiger partial charge in [-0.15, -0.1) is 0 Å². The molecule has 36 heavy (non-hydrogen) atoms. The van der Waals surface area contributed by atoms with Crippen LogP contribution in [0.3, 0.4) is 0 Å². The third kappa shape index (κ3) is 3.10. The lowest BCUT2D eigenvalue weighted by atomic mass is 9.71. The number of carbonyl (C=O) groups excluding carboxylic acids is 1. The van der Waals surface area contributed by atoms with Crippen molar-refractivity contribution in [2.75, 3.05) is 7.11 Å². The van der Waals surface area contributed by atoms with Crippen molar-refractivity contribution in [3.05, 3.63) is 64.9 Å². The number of halogens is 5. The monoisotopic (exact) mass is 509 g/mol. The number of aromatic nitrogens is 3. The van der Waals surface area contributed by atoms with Gasteiger partial charge < -0.3 is 9.47 Å². The number of pyridine rings is 1. The second-order valence-corrected chi connectivity index (χ2v) is 9.38. The molecule has 5 rings (SSSR count). The van der Waals surface area contributed by atoms with Gasteiger partial charge in [-0.1, -0.05) is 6.92 Å². The van der Waals surface area contributed by atoms with Crippen molar-refractivity contribution in [1.82, 2.24) is 4.57 Å². The fourth-order valence-electron chi connectivity index (χ4n) is 5.56. The van der Waals surface area contributed by atoms with Gasteiger partial charge >= 0.3 is 18.0 Å². The molecule has 3 aromatic rings. The van der Waals surface area contributed by atoms with E-state index in [0.717, 1.165) is 11.8 Å². The van der Waals surface area contributed by atoms with Gasteiger partial charge in [0, 0.05) is 26.3 Å². The number of benzene rings is 1. The minimum atomic E-state index is -5.26. The van der Waals surface area contributed by atoms with E-state index in [1.807, 2.05) is 13.8 Å². The summed E-state index contributed by atoms with van der Waals surface area (Å²) in [5.74, 6) is -4.47. The minimum Gasteiger partial charge on any atom is -0.496 e. The second-order valence-electron chi connectivity index (χ2n) is 9.38. The van der Waals surface area contributed by atoms with Crippen LogP contribution in [0.5, 0.6) is 5.75 Å². The maximum atomic E-state index is 15.7. The molecule has 0 N–H and O–H groups in total. The van der Waals surface area contributed by atoms with E-state index in [1.54, 1.807) is 46.1 Å². The number of hydrogen-bond donors (Lipinski definition) is 0. The SMILES string of the molecule is CCC1(C)C(C2OC(=O)c3n(C)c(C)c[n+]32)c2cc(F)c(C(F)(F)F)c(F)c2-c2cc(OC)cc[n+]21. The molecule has 190 valence electrons. The number of alkyl halides is 3. The first-order valence-electron chi connectivity index (χ1n) is 11.3. The van der Waals surface area contributed by atoms with Crippen LogP contribution in [0.4, 0.5) is 22.0 Å². The number of rotatable bonds is 3. The van der Waals surface area contributed by atoms with E-state index in [9.17, 15) is 18.0 Å². The molecule has 6 nitrogen and oxygen atoms in total. The number of ether oxygens (including phenoxy) is 2. The molecule has 2 aromatic heterocycles. The van der Waals surface area contributed by atoms with E-state index in [4.69, 9.17) is 9.47 Å². The number of aryl methyl sites for hydroxylation is 1. The Morgan fingerprint density at radius 2 is 1.94 bits per heavy atom. The summed E-state index contributed by atoms with van der Waals surface area (Å²) in [5.41, 5.74) is -2.50. The molecular formula is C25H24F5N3O3+2. The van der Waals surface area contributed by atoms with Crippen molar-refractivity contribution >= 4 is 5.97 Å². The highest BCUT2D eigenvalue weighted by molar-refractivity contribution is 5.85. The maximum absolute atomic E-state index is 15.7. The Bertz CT molecular complexity index is 1430. The number of cyclic esters (lactones) is 1. The average Bonchev–Trinajstić information content (AvgIpc) is 3.27. The topological polar surface area (TPSA) is 48.2 Å². The van der Waals surface area contributed by atoms with Gasteiger partial charge in [0.1, 0.15) is 34.9 Å². The van der Waals surface area contributed by atoms with Crippen LogP contribution in [-0.4, -0.2) is 17.6 Å². The predicted octanol–water partition coefficient (Wildman–Crippen LogP) is 4.47. The quantitative estimate of drug-likeness (QED) is 0.298. The number of nitrogens with zero attached hydrogens (tertiary/aromatic N) is 3. The molecule has 0 spiro atoms. The van der Waals surface area contributed by atoms with Crippen LogP contribution in [0.15, 0.2) is 30.6 Å². The second kappa shape index (κ2) is 7.75. The van der Waals surface area contributed by atoms with Gasteiger partial charge in [0.25, 0.3) is 6.23 Å². The zero-order valence-corrected chi connectivity index (χ0v) is 20.2. The van der Waals surface area contributed by atoms with Gasteiger partial charge in [0.2, 0.25) is 5.69 Å². The van der Waals surface area contributed by atoms with E-state index in [1.165, 1.54) is 13.2 Å². The number of methoxy groups -OCH3 is 1. The van der Waals surface area contributed by atoms with Gasteiger partial charge in [-0.2, -0.15) is 22.3 Å². The average molecular weight is 509 g/mol. The Morgan fingerprint density at radius 1 is 1.25 bits per heavy atom. The number of hydrogen-bond acceptors (Lipinski definition) is 3. The summed E-state index contributed by atoms with van der Waals surface area (Å²) in [5, 5.41) is 0. The molecule has 0 aliphatic carbocycles. The van der Waals surface area contributed by atoms with Crippen LogP contribution in [-0.2, 0) is 23.5 Å².